The van der Waals surface area contributed by atoms with Crippen molar-refractivity contribution in [2.75, 3.05) is 11.9 Å². The number of carbonyl (C=O) groups excluding carboxylic acids is 1. The van der Waals surface area contributed by atoms with Gasteiger partial charge in [-0.05, 0) is 18.2 Å². The fraction of sp³-hybridized carbons (Fsp3) is 0.0833. The topological polar surface area (TPSA) is 104 Å². The maximum atomic E-state index is 11.6. The van der Waals surface area contributed by atoms with Gasteiger partial charge in [0.05, 0.1) is 5.02 Å². The molecule has 1 heterocycles. The van der Waals surface area contributed by atoms with Crippen LogP contribution in [0, 0.1) is 0 Å². The number of rotatable bonds is 5. The summed E-state index contributed by atoms with van der Waals surface area (Å²) in [7, 11) is 0. The van der Waals surface area contributed by atoms with Crippen LogP contribution in [-0.4, -0.2) is 33.8 Å². The highest BCUT2D eigenvalue weighted by molar-refractivity contribution is 6.35. The number of H-pyrrole nitrogens is 1. The Hall–Kier alpha value is -2.25. The summed E-state index contributed by atoms with van der Waals surface area (Å²) in [6.45, 7) is -0.309. The van der Waals surface area contributed by atoms with Gasteiger partial charge in [0.15, 0.2) is 12.4 Å². The first-order chi connectivity index (χ1) is 9.95. The van der Waals surface area contributed by atoms with Crippen LogP contribution in [-0.2, 0) is 4.79 Å². The zero-order valence-electron chi connectivity index (χ0n) is 10.4. The van der Waals surface area contributed by atoms with Gasteiger partial charge in [-0.15, -0.1) is 0 Å². The van der Waals surface area contributed by atoms with E-state index in [-0.39, 0.29) is 23.1 Å². The van der Waals surface area contributed by atoms with Gasteiger partial charge in [-0.1, -0.05) is 23.2 Å². The number of aromatic amines is 1. The fourth-order valence-corrected chi connectivity index (χ4v) is 1.87. The van der Waals surface area contributed by atoms with Crippen molar-refractivity contribution in [1.82, 2.24) is 10.2 Å². The number of amides is 1. The quantitative estimate of drug-likeness (QED) is 0.781. The van der Waals surface area contributed by atoms with Crippen molar-refractivity contribution in [1.29, 1.82) is 0 Å². The Labute approximate surface area is 128 Å². The average molecular weight is 330 g/mol. The van der Waals surface area contributed by atoms with Crippen LogP contribution in [0.3, 0.4) is 0 Å². The molecule has 110 valence electrons. The Morgan fingerprint density at radius 1 is 1.33 bits per heavy atom. The number of ether oxygens (including phenoxy) is 1. The number of carboxylic acids is 1. The number of carboxylic acid groups (broad SMARTS) is 1. The molecule has 0 spiro atoms. The summed E-state index contributed by atoms with van der Waals surface area (Å²) < 4.78 is 5.22. The minimum Gasteiger partial charge on any atom is -0.482 e. The smallest absolute Gasteiger partial charge is 0.353 e. The lowest BCUT2D eigenvalue weighted by atomic mass is 10.3. The molecule has 2 rings (SSSR count). The molecule has 3 N–H and O–H groups in total. The second-order valence-corrected chi connectivity index (χ2v) is 4.73. The Morgan fingerprint density at radius 2 is 2.10 bits per heavy atom. The van der Waals surface area contributed by atoms with Gasteiger partial charge >= 0.3 is 5.97 Å². The number of hydrogen-bond acceptors (Lipinski definition) is 4. The molecule has 0 atom stereocenters. The van der Waals surface area contributed by atoms with Crippen molar-refractivity contribution in [3.05, 3.63) is 40.0 Å². The van der Waals surface area contributed by atoms with Crippen molar-refractivity contribution >= 4 is 40.9 Å². The summed E-state index contributed by atoms with van der Waals surface area (Å²) in [5.74, 6) is -1.29. The van der Waals surface area contributed by atoms with Crippen molar-refractivity contribution in [3.63, 3.8) is 0 Å². The van der Waals surface area contributed by atoms with Gasteiger partial charge < -0.3 is 15.2 Å². The standard InChI is InChI=1S/C12H9Cl2N3O4/c13-6-1-2-9(7(14)3-6)21-5-11(18)15-10-4-8(12(19)20)16-17-10/h1-4H,5H2,(H,19,20)(H2,15,16,17,18). The van der Waals surface area contributed by atoms with Crippen LogP contribution in [0.4, 0.5) is 5.82 Å². The van der Waals surface area contributed by atoms with E-state index in [9.17, 15) is 9.59 Å². The van der Waals surface area contributed by atoms with Crippen molar-refractivity contribution in [3.8, 4) is 5.75 Å². The molecule has 0 radical (unpaired) electrons. The lowest BCUT2D eigenvalue weighted by Crippen LogP contribution is -2.20. The highest BCUT2D eigenvalue weighted by Crippen LogP contribution is 2.27. The highest BCUT2D eigenvalue weighted by Gasteiger charge is 2.11. The average Bonchev–Trinajstić information content (AvgIpc) is 2.86. The van der Waals surface area contributed by atoms with E-state index >= 15 is 0 Å². The summed E-state index contributed by atoms with van der Waals surface area (Å²) in [5.41, 5.74) is -0.132. The Bertz CT molecular complexity index is 687. The SMILES string of the molecule is O=C(COc1ccc(Cl)cc1Cl)Nc1cc(C(=O)O)[nH]n1. The van der Waals surface area contributed by atoms with E-state index < -0.39 is 11.9 Å². The van der Waals surface area contributed by atoms with Crippen molar-refractivity contribution < 1.29 is 19.4 Å². The number of anilines is 1. The molecule has 0 saturated carbocycles. The zero-order chi connectivity index (χ0) is 15.4. The van der Waals surface area contributed by atoms with E-state index in [0.29, 0.717) is 10.8 Å². The van der Waals surface area contributed by atoms with Crippen LogP contribution in [0.1, 0.15) is 10.5 Å². The monoisotopic (exact) mass is 329 g/mol. The van der Waals surface area contributed by atoms with E-state index in [2.05, 4.69) is 15.5 Å². The van der Waals surface area contributed by atoms with Gasteiger partial charge in [0, 0.05) is 11.1 Å². The third-order valence-electron chi connectivity index (χ3n) is 2.33. The first-order valence-corrected chi connectivity index (χ1v) is 6.37. The normalized spacial score (nSPS) is 10.2. The van der Waals surface area contributed by atoms with Gasteiger partial charge in [0.1, 0.15) is 11.4 Å². The molecular weight excluding hydrogens is 321 g/mol. The fourth-order valence-electron chi connectivity index (χ4n) is 1.41. The first-order valence-electron chi connectivity index (χ1n) is 5.62. The van der Waals surface area contributed by atoms with Gasteiger partial charge in [-0.25, -0.2) is 4.79 Å². The lowest BCUT2D eigenvalue weighted by Gasteiger charge is -2.07. The molecule has 9 heteroatoms. The molecule has 1 amide bonds. The second kappa shape index (κ2) is 6.47. The van der Waals surface area contributed by atoms with E-state index in [4.69, 9.17) is 33.0 Å². The van der Waals surface area contributed by atoms with E-state index in [0.717, 1.165) is 0 Å². The summed E-state index contributed by atoms with van der Waals surface area (Å²) in [6.07, 6.45) is 0. The minimum absolute atomic E-state index is 0.0863. The molecule has 0 aliphatic carbocycles. The second-order valence-electron chi connectivity index (χ2n) is 3.88. The Kier molecular flexibility index (Phi) is 4.66. The Balaban J connectivity index is 1.91. The number of aromatic nitrogens is 2. The molecule has 2 aromatic rings. The molecule has 21 heavy (non-hydrogen) atoms. The summed E-state index contributed by atoms with van der Waals surface area (Å²) in [5, 5.41) is 17.7. The predicted molar refractivity (Wildman–Crippen MR) is 76.1 cm³/mol. The third kappa shape index (κ3) is 4.11. The van der Waals surface area contributed by atoms with Gasteiger partial charge in [-0.3, -0.25) is 9.89 Å². The van der Waals surface area contributed by atoms with Crippen LogP contribution < -0.4 is 10.1 Å². The Morgan fingerprint density at radius 3 is 2.71 bits per heavy atom. The maximum Gasteiger partial charge on any atom is 0.353 e. The van der Waals surface area contributed by atoms with Gasteiger partial charge in [0.2, 0.25) is 0 Å². The summed E-state index contributed by atoms with van der Waals surface area (Å²) in [4.78, 5) is 22.3. The van der Waals surface area contributed by atoms with Crippen LogP contribution in [0.15, 0.2) is 24.3 Å². The van der Waals surface area contributed by atoms with E-state index in [1.165, 1.54) is 18.2 Å². The van der Waals surface area contributed by atoms with Crippen LogP contribution in [0.2, 0.25) is 10.0 Å². The number of benzene rings is 1. The van der Waals surface area contributed by atoms with E-state index in [1.807, 2.05) is 0 Å². The molecule has 0 aliphatic rings. The number of halogens is 2. The van der Waals surface area contributed by atoms with Crippen LogP contribution >= 0.6 is 23.2 Å². The maximum absolute atomic E-state index is 11.6. The van der Waals surface area contributed by atoms with Crippen molar-refractivity contribution in [2.45, 2.75) is 0 Å². The van der Waals surface area contributed by atoms with Crippen LogP contribution in [0.5, 0.6) is 5.75 Å². The number of aromatic carboxylic acids is 1. The number of nitrogens with one attached hydrogen (secondary N) is 2. The van der Waals surface area contributed by atoms with Crippen molar-refractivity contribution in [2.24, 2.45) is 0 Å². The molecular formula is C12H9Cl2N3O4. The first kappa shape index (κ1) is 15.1. The molecule has 1 aromatic heterocycles. The van der Waals surface area contributed by atoms with E-state index in [1.54, 1.807) is 6.07 Å². The largest absolute Gasteiger partial charge is 0.482 e. The molecule has 0 saturated heterocycles. The predicted octanol–water partition coefficient (Wildman–Crippen LogP) is 2.43. The summed E-state index contributed by atoms with van der Waals surface area (Å²) in [6, 6.07) is 5.79. The number of carbonyl (C=O) groups is 2. The number of nitrogens with zero attached hydrogens (tertiary/aromatic N) is 1. The lowest BCUT2D eigenvalue weighted by molar-refractivity contribution is -0.118. The third-order valence-corrected chi connectivity index (χ3v) is 2.86. The zero-order valence-corrected chi connectivity index (χ0v) is 11.9. The minimum atomic E-state index is -1.17. The molecule has 7 nitrogen and oxygen atoms in total. The van der Waals surface area contributed by atoms with Gasteiger partial charge in [0.25, 0.3) is 5.91 Å². The molecule has 0 fully saturated rings. The van der Waals surface area contributed by atoms with Gasteiger partial charge in [-0.2, -0.15) is 5.10 Å². The van der Waals surface area contributed by atoms with Crippen LogP contribution in [0.25, 0.3) is 0 Å². The number of hydrogen-bond donors (Lipinski definition) is 3. The summed E-state index contributed by atoms with van der Waals surface area (Å²) >= 11 is 11.6. The molecule has 0 aliphatic heterocycles. The molecule has 0 unspecified atom stereocenters. The molecule has 0 bridgehead atoms. The molecule has 1 aromatic carbocycles. The highest BCUT2D eigenvalue weighted by atomic mass is 35.5.